The standard InChI is InChI=1S/C27H29N3O7S/c1-36-21-8-3-2-7-20(21)29-27(35)30-11-9-17(10-12-30)15-28-19-6-4-5-18(13-19)23-14-22(37-16-24(31)32)25(38-23)26(33)34/h2-8,13-14,17,28H,9-12,15-16H2,1H3,(H,29,35)(H,31,32)(H,33,34). The number of aromatic carboxylic acids is 1. The molecule has 0 bridgehead atoms. The first kappa shape index (κ1) is 26.8. The van der Waals surface area contributed by atoms with Gasteiger partial charge in [0, 0.05) is 30.2 Å². The average molecular weight is 540 g/mol. The van der Waals surface area contributed by atoms with Gasteiger partial charge in [0.25, 0.3) is 0 Å². The Balaban J connectivity index is 1.31. The van der Waals surface area contributed by atoms with E-state index in [1.54, 1.807) is 19.2 Å². The number of thiophene rings is 1. The van der Waals surface area contributed by atoms with Crippen molar-refractivity contribution >= 4 is 40.7 Å². The monoisotopic (exact) mass is 539 g/mol. The van der Waals surface area contributed by atoms with E-state index in [1.165, 1.54) is 0 Å². The molecule has 0 saturated carbocycles. The number of rotatable bonds is 10. The lowest BCUT2D eigenvalue weighted by Crippen LogP contribution is -2.42. The van der Waals surface area contributed by atoms with Crippen LogP contribution in [0.3, 0.4) is 0 Å². The summed E-state index contributed by atoms with van der Waals surface area (Å²) in [4.78, 5) is 37.5. The number of hydrogen-bond acceptors (Lipinski definition) is 7. The Kier molecular flexibility index (Phi) is 8.70. The van der Waals surface area contributed by atoms with E-state index >= 15 is 0 Å². The fourth-order valence-corrected chi connectivity index (χ4v) is 5.18. The van der Waals surface area contributed by atoms with Gasteiger partial charge in [-0.2, -0.15) is 0 Å². The van der Waals surface area contributed by atoms with E-state index in [2.05, 4.69) is 10.6 Å². The van der Waals surface area contributed by atoms with Gasteiger partial charge < -0.3 is 35.2 Å². The molecule has 2 heterocycles. The zero-order valence-corrected chi connectivity index (χ0v) is 21.6. The van der Waals surface area contributed by atoms with E-state index in [9.17, 15) is 19.5 Å². The summed E-state index contributed by atoms with van der Waals surface area (Å²) < 4.78 is 10.5. The average Bonchev–Trinajstić information content (AvgIpc) is 3.36. The number of amides is 2. The number of hydrogen-bond donors (Lipinski definition) is 4. The largest absolute Gasteiger partial charge is 0.495 e. The van der Waals surface area contributed by atoms with Gasteiger partial charge in [-0.3, -0.25) is 0 Å². The molecule has 0 unspecified atom stereocenters. The minimum absolute atomic E-state index is 0.0406. The Morgan fingerprint density at radius 2 is 1.79 bits per heavy atom. The number of carboxylic acid groups (broad SMARTS) is 2. The van der Waals surface area contributed by atoms with Crippen molar-refractivity contribution in [2.75, 3.05) is 44.0 Å². The lowest BCUT2D eigenvalue weighted by molar-refractivity contribution is -0.139. The summed E-state index contributed by atoms with van der Waals surface area (Å²) in [5, 5.41) is 24.7. The van der Waals surface area contributed by atoms with Crippen LogP contribution < -0.4 is 20.1 Å². The van der Waals surface area contributed by atoms with Gasteiger partial charge in [0.1, 0.15) is 11.5 Å². The van der Waals surface area contributed by atoms with Gasteiger partial charge in [0.15, 0.2) is 11.5 Å². The van der Waals surface area contributed by atoms with Crippen molar-refractivity contribution in [1.29, 1.82) is 0 Å². The van der Waals surface area contributed by atoms with Crippen LogP contribution in [-0.2, 0) is 4.79 Å². The highest BCUT2D eigenvalue weighted by Crippen LogP contribution is 2.37. The van der Waals surface area contributed by atoms with Gasteiger partial charge in [0.2, 0.25) is 0 Å². The molecule has 0 atom stereocenters. The second-order valence-corrected chi connectivity index (χ2v) is 9.87. The smallest absolute Gasteiger partial charge is 0.349 e. The molecule has 1 fully saturated rings. The Bertz CT molecular complexity index is 1300. The van der Waals surface area contributed by atoms with E-state index in [-0.39, 0.29) is 16.7 Å². The van der Waals surface area contributed by atoms with Crippen molar-refractivity contribution in [3.8, 4) is 21.9 Å². The molecule has 1 aliphatic rings. The number of ether oxygens (including phenoxy) is 2. The fourth-order valence-electron chi connectivity index (χ4n) is 4.24. The molecule has 0 radical (unpaired) electrons. The molecule has 38 heavy (non-hydrogen) atoms. The third-order valence-corrected chi connectivity index (χ3v) is 7.39. The molecule has 200 valence electrons. The van der Waals surface area contributed by atoms with Crippen molar-refractivity contribution in [2.24, 2.45) is 5.92 Å². The molecular formula is C27H29N3O7S. The maximum Gasteiger partial charge on any atom is 0.349 e. The van der Waals surface area contributed by atoms with Crippen molar-refractivity contribution in [3.05, 3.63) is 59.5 Å². The van der Waals surface area contributed by atoms with Gasteiger partial charge in [-0.05, 0) is 54.7 Å². The quantitative estimate of drug-likeness (QED) is 0.284. The van der Waals surface area contributed by atoms with Crippen molar-refractivity contribution in [2.45, 2.75) is 12.8 Å². The number of anilines is 2. The predicted molar refractivity (Wildman–Crippen MR) is 145 cm³/mol. The Morgan fingerprint density at radius 1 is 1.03 bits per heavy atom. The van der Waals surface area contributed by atoms with Crippen LogP contribution in [0.25, 0.3) is 10.4 Å². The Hall–Kier alpha value is -4.25. The maximum atomic E-state index is 12.7. The number of methoxy groups -OCH3 is 1. The first-order chi connectivity index (χ1) is 18.3. The molecule has 2 aromatic carbocycles. The first-order valence-electron chi connectivity index (χ1n) is 12.1. The van der Waals surface area contributed by atoms with Gasteiger partial charge in [-0.15, -0.1) is 11.3 Å². The third-order valence-electron chi connectivity index (χ3n) is 6.24. The summed E-state index contributed by atoms with van der Waals surface area (Å²) in [6, 6.07) is 16.3. The molecule has 0 spiro atoms. The van der Waals surface area contributed by atoms with E-state index < -0.39 is 18.5 Å². The summed E-state index contributed by atoms with van der Waals surface area (Å²) in [5.41, 5.74) is 2.33. The summed E-state index contributed by atoms with van der Waals surface area (Å²) >= 11 is 1.04. The Morgan fingerprint density at radius 3 is 2.50 bits per heavy atom. The van der Waals surface area contributed by atoms with Crippen LogP contribution in [-0.4, -0.2) is 66.4 Å². The predicted octanol–water partition coefficient (Wildman–Crippen LogP) is 4.94. The van der Waals surface area contributed by atoms with Crippen LogP contribution in [0, 0.1) is 5.92 Å². The highest BCUT2D eigenvalue weighted by Gasteiger charge is 2.24. The number of benzene rings is 2. The number of aliphatic carboxylic acids is 1. The van der Waals surface area contributed by atoms with Crippen LogP contribution in [0.15, 0.2) is 54.6 Å². The number of nitrogens with zero attached hydrogens (tertiary/aromatic N) is 1. The number of carbonyl (C=O) groups is 3. The van der Waals surface area contributed by atoms with Crippen LogP contribution in [0.5, 0.6) is 11.5 Å². The molecule has 1 saturated heterocycles. The molecule has 2 amide bonds. The SMILES string of the molecule is COc1ccccc1NC(=O)N1CCC(CNc2cccc(-c3cc(OCC(=O)O)c(C(=O)O)s3)c2)CC1. The fraction of sp³-hybridized carbons (Fsp3) is 0.296. The number of para-hydroxylation sites is 2. The second-order valence-electron chi connectivity index (χ2n) is 8.81. The highest BCUT2D eigenvalue weighted by atomic mass is 32.1. The molecule has 11 heteroatoms. The van der Waals surface area contributed by atoms with Crippen molar-refractivity contribution in [3.63, 3.8) is 0 Å². The second kappa shape index (κ2) is 12.3. The van der Waals surface area contributed by atoms with Crippen molar-refractivity contribution < 1.29 is 34.1 Å². The molecule has 4 N–H and O–H groups in total. The molecule has 10 nitrogen and oxygen atoms in total. The first-order valence-corrected chi connectivity index (χ1v) is 12.9. The molecule has 1 aromatic heterocycles. The third kappa shape index (κ3) is 6.74. The number of piperidine rings is 1. The van der Waals surface area contributed by atoms with Gasteiger partial charge in [-0.25, -0.2) is 14.4 Å². The van der Waals surface area contributed by atoms with Crippen molar-refractivity contribution in [1.82, 2.24) is 4.90 Å². The minimum atomic E-state index is -1.18. The number of likely N-dealkylation sites (tertiary alicyclic amines) is 1. The van der Waals surface area contributed by atoms with Gasteiger partial charge >= 0.3 is 18.0 Å². The summed E-state index contributed by atoms with van der Waals surface area (Å²) in [6.07, 6.45) is 1.73. The van der Waals surface area contributed by atoms with E-state index in [0.29, 0.717) is 35.3 Å². The summed E-state index contributed by atoms with van der Waals surface area (Å²) in [6.45, 7) is 1.43. The van der Waals surface area contributed by atoms with Crippen LogP contribution >= 0.6 is 11.3 Å². The number of nitrogens with one attached hydrogen (secondary N) is 2. The van der Waals surface area contributed by atoms with E-state index in [4.69, 9.17) is 14.6 Å². The van der Waals surface area contributed by atoms with Crippen LogP contribution in [0.2, 0.25) is 0 Å². The topological polar surface area (TPSA) is 137 Å². The van der Waals surface area contributed by atoms with E-state index in [1.807, 2.05) is 47.4 Å². The summed E-state index contributed by atoms with van der Waals surface area (Å²) in [5.74, 6) is -1.29. The Labute approximate surface area is 223 Å². The van der Waals surface area contributed by atoms with Crippen LogP contribution in [0.1, 0.15) is 22.5 Å². The summed E-state index contributed by atoms with van der Waals surface area (Å²) in [7, 11) is 1.57. The molecule has 0 aliphatic carbocycles. The molecule has 3 aromatic rings. The molecular weight excluding hydrogens is 510 g/mol. The normalized spacial score (nSPS) is 13.6. The minimum Gasteiger partial charge on any atom is -0.495 e. The highest BCUT2D eigenvalue weighted by molar-refractivity contribution is 7.17. The maximum absolute atomic E-state index is 12.7. The molecule has 1 aliphatic heterocycles. The lowest BCUT2D eigenvalue weighted by Gasteiger charge is -2.32. The number of carboxylic acids is 2. The zero-order chi connectivity index (χ0) is 27.1. The van der Waals surface area contributed by atoms with Gasteiger partial charge in [-0.1, -0.05) is 24.3 Å². The van der Waals surface area contributed by atoms with Gasteiger partial charge in [0.05, 0.1) is 12.8 Å². The lowest BCUT2D eigenvalue weighted by atomic mass is 9.97. The van der Waals surface area contributed by atoms with Crippen LogP contribution in [0.4, 0.5) is 16.2 Å². The number of urea groups is 1. The molecule has 4 rings (SSSR count). The zero-order valence-electron chi connectivity index (χ0n) is 20.8. The van der Waals surface area contributed by atoms with E-state index in [0.717, 1.165) is 42.0 Å². The number of carbonyl (C=O) groups excluding carboxylic acids is 1.